The maximum Gasteiger partial charge on any atom is 0.472 e. The molecule has 0 bridgehead atoms. The molecule has 0 aromatic rings. The first-order chi connectivity index (χ1) is 43.4. The third-order valence-corrected chi connectivity index (χ3v) is 18.4. The van der Waals surface area contributed by atoms with Crippen molar-refractivity contribution in [3.05, 3.63) is 0 Å². The first kappa shape index (κ1) is 88.1. The van der Waals surface area contributed by atoms with Crippen LogP contribution >= 0.6 is 15.6 Å². The maximum atomic E-state index is 13.0. The Morgan fingerprint density at radius 1 is 0.300 bits per heavy atom. The Bertz CT molecular complexity index is 1750. The van der Waals surface area contributed by atoms with Crippen LogP contribution < -0.4 is 0 Å². The van der Waals surface area contributed by atoms with E-state index in [9.17, 15) is 43.2 Å². The summed E-state index contributed by atoms with van der Waals surface area (Å²) in [7, 11) is -9.88. The van der Waals surface area contributed by atoms with Crippen LogP contribution in [-0.2, 0) is 65.4 Å². The number of unbranched alkanes of at least 4 members (excludes halogenated alkanes) is 40. The lowest BCUT2D eigenvalue weighted by atomic mass is 10.0. The number of hydrogen-bond acceptors (Lipinski definition) is 15. The van der Waals surface area contributed by atoms with Crippen molar-refractivity contribution in [2.45, 2.75) is 381 Å². The van der Waals surface area contributed by atoms with Gasteiger partial charge in [-0.05, 0) is 37.5 Å². The highest BCUT2D eigenvalue weighted by molar-refractivity contribution is 7.47. The van der Waals surface area contributed by atoms with Gasteiger partial charge in [0.2, 0.25) is 0 Å². The fourth-order valence-corrected chi connectivity index (χ4v) is 12.3. The molecule has 0 heterocycles. The molecular weight excluding hydrogens is 1190 g/mol. The third-order valence-electron chi connectivity index (χ3n) is 16.5. The molecule has 19 heteroatoms. The van der Waals surface area contributed by atoms with Crippen LogP contribution in [0.5, 0.6) is 0 Å². The number of ether oxygens (including phenoxy) is 4. The molecule has 17 nitrogen and oxygen atoms in total. The van der Waals surface area contributed by atoms with Crippen molar-refractivity contribution in [2.75, 3.05) is 39.6 Å². The average molecular weight is 1330 g/mol. The van der Waals surface area contributed by atoms with Gasteiger partial charge in [-0.2, -0.15) is 0 Å². The molecular formula is C71H138O17P2. The second kappa shape index (κ2) is 63.1. The zero-order valence-electron chi connectivity index (χ0n) is 58.4. The van der Waals surface area contributed by atoms with Gasteiger partial charge in [-0.25, -0.2) is 9.13 Å². The molecule has 2 unspecified atom stereocenters. The number of aliphatic hydroxyl groups excluding tert-OH is 1. The van der Waals surface area contributed by atoms with E-state index in [2.05, 4.69) is 41.5 Å². The molecule has 0 aliphatic carbocycles. The number of phosphoric ester groups is 2. The molecule has 0 amide bonds. The van der Waals surface area contributed by atoms with E-state index < -0.39 is 97.5 Å². The molecule has 0 saturated heterocycles. The Kier molecular flexibility index (Phi) is 61.8. The highest BCUT2D eigenvalue weighted by Crippen LogP contribution is 2.45. The first-order valence-corrected chi connectivity index (χ1v) is 40.0. The van der Waals surface area contributed by atoms with E-state index >= 15 is 0 Å². The predicted molar refractivity (Wildman–Crippen MR) is 363 cm³/mol. The van der Waals surface area contributed by atoms with Crippen LogP contribution in [0.4, 0.5) is 0 Å². The lowest BCUT2D eigenvalue weighted by Crippen LogP contribution is -2.30. The molecule has 0 rings (SSSR count). The summed E-state index contributed by atoms with van der Waals surface area (Å²) in [6.45, 7) is 9.43. The van der Waals surface area contributed by atoms with Gasteiger partial charge in [-0.1, -0.05) is 311 Å². The quantitative estimate of drug-likeness (QED) is 0.0222. The minimum absolute atomic E-state index is 0.0989. The summed E-state index contributed by atoms with van der Waals surface area (Å²) in [5, 5.41) is 10.5. The lowest BCUT2D eigenvalue weighted by molar-refractivity contribution is -0.161. The van der Waals surface area contributed by atoms with E-state index in [0.29, 0.717) is 25.7 Å². The normalized spacial score (nSPS) is 14.1. The first-order valence-electron chi connectivity index (χ1n) is 37.0. The Balaban J connectivity index is 5.03. The Labute approximate surface area is 549 Å². The van der Waals surface area contributed by atoms with Gasteiger partial charge in [0.25, 0.3) is 0 Å². The summed E-state index contributed by atoms with van der Waals surface area (Å²) in [4.78, 5) is 71.9. The molecule has 0 aliphatic rings. The Morgan fingerprint density at radius 2 is 0.511 bits per heavy atom. The minimum Gasteiger partial charge on any atom is -0.462 e. The molecule has 3 N–H and O–H groups in total. The molecule has 0 aromatic carbocycles. The Morgan fingerprint density at radius 3 is 0.756 bits per heavy atom. The van der Waals surface area contributed by atoms with Gasteiger partial charge in [0.1, 0.15) is 19.3 Å². The van der Waals surface area contributed by atoms with E-state index in [1.165, 1.54) is 173 Å². The highest BCUT2D eigenvalue weighted by atomic mass is 31.2. The van der Waals surface area contributed by atoms with Crippen molar-refractivity contribution in [2.24, 2.45) is 11.8 Å². The van der Waals surface area contributed by atoms with Crippen LogP contribution in [0.2, 0.25) is 0 Å². The summed E-state index contributed by atoms with van der Waals surface area (Å²) in [6, 6.07) is 0. The average Bonchev–Trinajstić information content (AvgIpc) is 3.29. The van der Waals surface area contributed by atoms with Crippen LogP contribution in [0.25, 0.3) is 0 Å². The van der Waals surface area contributed by atoms with Crippen molar-refractivity contribution < 1.29 is 80.2 Å². The molecule has 0 fully saturated rings. The van der Waals surface area contributed by atoms with Gasteiger partial charge in [-0.15, -0.1) is 0 Å². The van der Waals surface area contributed by atoms with Gasteiger partial charge < -0.3 is 33.8 Å². The van der Waals surface area contributed by atoms with Crippen LogP contribution in [0.3, 0.4) is 0 Å². The van der Waals surface area contributed by atoms with Gasteiger partial charge in [-0.3, -0.25) is 37.3 Å². The fraction of sp³-hybridized carbons (Fsp3) is 0.944. The van der Waals surface area contributed by atoms with Crippen LogP contribution in [0.15, 0.2) is 0 Å². The molecule has 5 atom stereocenters. The predicted octanol–water partition coefficient (Wildman–Crippen LogP) is 20.4. The standard InChI is InChI=1S/C71H138O17P2/c1-7-9-11-39-47-53-68(73)81-59-66(87-70(75)55-49-40-12-10-8-2)61-85-89(77,78)83-57-65(72)58-84-90(79,80)86-62-67(60-82-69(74)54-48-43-37-33-29-25-21-18-17-20-24-28-32-36-42-46-52-64(5)6)88-71(76)56-50-44-38-34-30-26-22-16-14-13-15-19-23-27-31-35-41-45-51-63(3)4/h63-67,72H,7-62H2,1-6H3,(H,77,78)(H,79,80)/t65-,66+,67+/m0/s1. The summed E-state index contributed by atoms with van der Waals surface area (Å²) in [5.74, 6) is -0.514. The SMILES string of the molecule is CCCCCCCC(=O)OC[C@H](COP(=O)(O)OC[C@H](O)COP(=O)(O)OC[C@@H](COC(=O)CCCCCCCCCCCCCCCCCCC(C)C)OC(=O)CCCCCCCCCCCCCCCCCCCCC(C)C)OC(=O)CCCCCCC. The van der Waals surface area contributed by atoms with Crippen LogP contribution in [0, 0.1) is 11.8 Å². The molecule has 0 radical (unpaired) electrons. The maximum absolute atomic E-state index is 13.0. The minimum atomic E-state index is -4.95. The molecule has 0 spiro atoms. The fourth-order valence-electron chi connectivity index (χ4n) is 10.8. The second-order valence-corrected chi connectivity index (χ2v) is 29.5. The van der Waals surface area contributed by atoms with Gasteiger partial charge >= 0.3 is 39.5 Å². The van der Waals surface area contributed by atoms with Crippen molar-refractivity contribution in [1.82, 2.24) is 0 Å². The van der Waals surface area contributed by atoms with Gasteiger partial charge in [0.05, 0.1) is 26.4 Å². The molecule has 0 aromatic heterocycles. The summed E-state index contributed by atoms with van der Waals surface area (Å²) >= 11 is 0. The number of rotatable bonds is 70. The zero-order chi connectivity index (χ0) is 66.5. The molecule has 534 valence electrons. The van der Waals surface area contributed by atoms with E-state index in [1.54, 1.807) is 0 Å². The Hall–Kier alpha value is -1.94. The number of aliphatic hydroxyl groups is 1. The van der Waals surface area contributed by atoms with Crippen molar-refractivity contribution in [3.63, 3.8) is 0 Å². The summed E-state index contributed by atoms with van der Waals surface area (Å²) in [6.07, 6.45) is 49.7. The number of carbonyl (C=O) groups is 4. The van der Waals surface area contributed by atoms with E-state index in [-0.39, 0.29) is 25.7 Å². The molecule has 0 aliphatic heterocycles. The summed E-state index contributed by atoms with van der Waals surface area (Å²) in [5.41, 5.74) is 0. The van der Waals surface area contributed by atoms with E-state index in [0.717, 1.165) is 108 Å². The summed E-state index contributed by atoms with van der Waals surface area (Å²) < 4.78 is 67.8. The van der Waals surface area contributed by atoms with Crippen molar-refractivity contribution >= 4 is 39.5 Å². The van der Waals surface area contributed by atoms with Crippen LogP contribution in [-0.4, -0.2) is 96.7 Å². The van der Waals surface area contributed by atoms with Crippen molar-refractivity contribution in [3.8, 4) is 0 Å². The molecule has 90 heavy (non-hydrogen) atoms. The number of carbonyl (C=O) groups excluding carboxylic acids is 4. The largest absolute Gasteiger partial charge is 0.472 e. The lowest BCUT2D eigenvalue weighted by Gasteiger charge is -2.21. The molecule has 0 saturated carbocycles. The highest BCUT2D eigenvalue weighted by Gasteiger charge is 2.30. The van der Waals surface area contributed by atoms with Gasteiger partial charge in [0.15, 0.2) is 12.2 Å². The second-order valence-electron chi connectivity index (χ2n) is 26.6. The number of esters is 4. The van der Waals surface area contributed by atoms with E-state index in [4.69, 9.17) is 37.0 Å². The monoisotopic (exact) mass is 1320 g/mol. The topological polar surface area (TPSA) is 237 Å². The smallest absolute Gasteiger partial charge is 0.462 e. The van der Waals surface area contributed by atoms with Crippen LogP contribution in [0.1, 0.15) is 363 Å². The van der Waals surface area contributed by atoms with Gasteiger partial charge in [0, 0.05) is 25.7 Å². The zero-order valence-corrected chi connectivity index (χ0v) is 60.2. The number of hydrogen-bond donors (Lipinski definition) is 3. The third kappa shape index (κ3) is 64.8. The van der Waals surface area contributed by atoms with E-state index in [1.807, 2.05) is 0 Å². The van der Waals surface area contributed by atoms with Crippen molar-refractivity contribution in [1.29, 1.82) is 0 Å². The number of phosphoric acid groups is 2.